The predicted octanol–water partition coefficient (Wildman–Crippen LogP) is 4.16. The maximum atomic E-state index is 12.1. The monoisotopic (exact) mass is 406 g/mol. The highest BCUT2D eigenvalue weighted by Crippen LogP contribution is 2.22. The van der Waals surface area contributed by atoms with E-state index in [-0.39, 0.29) is 10.6 Å². The number of amides is 1. The van der Waals surface area contributed by atoms with Gasteiger partial charge in [0.05, 0.1) is 22.2 Å². The van der Waals surface area contributed by atoms with Crippen LogP contribution in [0.15, 0.2) is 46.9 Å². The smallest absolute Gasteiger partial charge is 0.340 e. The van der Waals surface area contributed by atoms with Crippen LogP contribution in [0.5, 0.6) is 0 Å². The van der Waals surface area contributed by atoms with Crippen LogP contribution in [0.1, 0.15) is 22.8 Å². The molecule has 0 aliphatic carbocycles. The average molecular weight is 408 g/mol. The first-order chi connectivity index (χ1) is 11.4. The van der Waals surface area contributed by atoms with Gasteiger partial charge in [0, 0.05) is 10.2 Å². The number of carbonyl (C=O) groups excluding carboxylic acids is 2. The maximum Gasteiger partial charge on any atom is 0.340 e. The number of anilines is 1. The van der Waals surface area contributed by atoms with Crippen LogP contribution in [0.4, 0.5) is 5.69 Å². The molecule has 1 amide bonds. The highest BCUT2D eigenvalue weighted by molar-refractivity contribution is 9.10. The Morgan fingerprint density at radius 3 is 2.54 bits per heavy atom. The van der Waals surface area contributed by atoms with Crippen molar-refractivity contribution in [2.45, 2.75) is 13.0 Å². The van der Waals surface area contributed by atoms with Crippen molar-refractivity contribution in [2.24, 2.45) is 0 Å². The number of hydrogen-bond acceptors (Lipinski definition) is 4. The predicted molar refractivity (Wildman–Crippen MR) is 93.8 cm³/mol. The van der Waals surface area contributed by atoms with Gasteiger partial charge in [-0.05, 0) is 49.4 Å². The number of halogens is 2. The molecule has 2 aromatic carbocycles. The van der Waals surface area contributed by atoms with Crippen molar-refractivity contribution in [3.8, 4) is 6.07 Å². The molecule has 0 aliphatic heterocycles. The van der Waals surface area contributed by atoms with E-state index in [1.807, 2.05) is 6.07 Å². The fourth-order valence-electron chi connectivity index (χ4n) is 1.80. The molecule has 1 atom stereocenters. The van der Waals surface area contributed by atoms with E-state index in [9.17, 15) is 9.59 Å². The zero-order chi connectivity index (χ0) is 17.7. The summed E-state index contributed by atoms with van der Waals surface area (Å²) in [6.07, 6.45) is -1.01. The summed E-state index contributed by atoms with van der Waals surface area (Å²) in [4.78, 5) is 24.2. The Hall–Kier alpha value is -2.36. The van der Waals surface area contributed by atoms with Gasteiger partial charge in [-0.15, -0.1) is 0 Å². The zero-order valence-electron chi connectivity index (χ0n) is 12.5. The molecule has 0 spiro atoms. The van der Waals surface area contributed by atoms with Crippen LogP contribution in [0.2, 0.25) is 5.02 Å². The zero-order valence-corrected chi connectivity index (χ0v) is 14.9. The summed E-state index contributed by atoms with van der Waals surface area (Å²) in [6, 6.07) is 13.1. The van der Waals surface area contributed by atoms with E-state index >= 15 is 0 Å². The highest BCUT2D eigenvalue weighted by atomic mass is 79.9. The number of carbonyl (C=O) groups is 2. The topological polar surface area (TPSA) is 79.2 Å². The molecule has 24 heavy (non-hydrogen) atoms. The molecule has 1 N–H and O–H groups in total. The second-order valence-electron chi connectivity index (χ2n) is 4.85. The molecule has 5 nitrogen and oxygen atoms in total. The van der Waals surface area contributed by atoms with Crippen LogP contribution >= 0.6 is 27.5 Å². The number of rotatable bonds is 4. The number of nitrogens with one attached hydrogen (secondary N) is 1. The third-order valence-electron chi connectivity index (χ3n) is 3.08. The number of ether oxygens (including phenoxy) is 1. The summed E-state index contributed by atoms with van der Waals surface area (Å²) in [5.74, 6) is -1.18. The molecular weight excluding hydrogens is 396 g/mol. The lowest BCUT2D eigenvalue weighted by Gasteiger charge is -2.14. The van der Waals surface area contributed by atoms with Crippen LogP contribution < -0.4 is 5.32 Å². The standard InChI is InChI=1S/C17H12BrClN2O3/c1-10(16(22)21-13-5-2-11(9-20)3-6-13)24-17(23)14-8-12(18)4-7-15(14)19/h2-8,10H,1H3,(H,21,22)/t10-/m1/s1. The van der Waals surface area contributed by atoms with Gasteiger partial charge in [0.2, 0.25) is 0 Å². The molecule has 7 heteroatoms. The van der Waals surface area contributed by atoms with E-state index in [4.69, 9.17) is 21.6 Å². The van der Waals surface area contributed by atoms with Crippen LogP contribution in [-0.2, 0) is 9.53 Å². The molecule has 0 saturated heterocycles. The first-order valence-corrected chi connectivity index (χ1v) is 8.05. The fraction of sp³-hybridized carbons (Fsp3) is 0.118. The number of esters is 1. The van der Waals surface area contributed by atoms with Crippen LogP contribution in [0, 0.1) is 11.3 Å². The largest absolute Gasteiger partial charge is 0.449 e. The third-order valence-corrected chi connectivity index (χ3v) is 3.91. The molecule has 0 aliphatic rings. The minimum Gasteiger partial charge on any atom is -0.449 e. The van der Waals surface area contributed by atoms with Gasteiger partial charge in [0.15, 0.2) is 6.10 Å². The lowest BCUT2D eigenvalue weighted by atomic mass is 10.2. The molecule has 0 saturated carbocycles. The Balaban J connectivity index is 2.01. The van der Waals surface area contributed by atoms with Crippen LogP contribution in [0.3, 0.4) is 0 Å². The molecule has 0 bridgehead atoms. The second-order valence-corrected chi connectivity index (χ2v) is 6.17. The summed E-state index contributed by atoms with van der Waals surface area (Å²) >= 11 is 9.21. The van der Waals surface area contributed by atoms with Crippen molar-refractivity contribution in [3.05, 3.63) is 63.1 Å². The van der Waals surface area contributed by atoms with E-state index in [0.717, 1.165) is 0 Å². The Kier molecular flexibility index (Phi) is 5.96. The van der Waals surface area contributed by atoms with Gasteiger partial charge in [-0.25, -0.2) is 4.79 Å². The highest BCUT2D eigenvalue weighted by Gasteiger charge is 2.21. The molecular formula is C17H12BrClN2O3. The van der Waals surface area contributed by atoms with Gasteiger partial charge < -0.3 is 10.1 Å². The molecule has 122 valence electrons. The number of nitrogens with zero attached hydrogens (tertiary/aromatic N) is 1. The number of hydrogen-bond donors (Lipinski definition) is 1. The van der Waals surface area contributed by atoms with E-state index in [0.29, 0.717) is 15.7 Å². The lowest BCUT2D eigenvalue weighted by molar-refractivity contribution is -0.123. The van der Waals surface area contributed by atoms with Crippen molar-refractivity contribution in [3.63, 3.8) is 0 Å². The SMILES string of the molecule is C[C@@H](OC(=O)c1cc(Br)ccc1Cl)C(=O)Nc1ccc(C#N)cc1. The van der Waals surface area contributed by atoms with Gasteiger partial charge in [0.1, 0.15) is 0 Å². The summed E-state index contributed by atoms with van der Waals surface area (Å²) in [7, 11) is 0. The van der Waals surface area contributed by atoms with Gasteiger partial charge in [0.25, 0.3) is 5.91 Å². The van der Waals surface area contributed by atoms with Crippen molar-refractivity contribution >= 4 is 45.1 Å². The quantitative estimate of drug-likeness (QED) is 0.772. The van der Waals surface area contributed by atoms with Crippen molar-refractivity contribution in [2.75, 3.05) is 5.32 Å². The Labute approximate surface area is 152 Å². The second kappa shape index (κ2) is 7.95. The van der Waals surface area contributed by atoms with Gasteiger partial charge in [-0.3, -0.25) is 4.79 Å². The Morgan fingerprint density at radius 1 is 1.25 bits per heavy atom. The molecule has 0 fully saturated rings. The molecule has 0 heterocycles. The van der Waals surface area contributed by atoms with Crippen LogP contribution in [-0.4, -0.2) is 18.0 Å². The minimum atomic E-state index is -1.01. The number of nitriles is 1. The average Bonchev–Trinajstić information content (AvgIpc) is 2.57. The summed E-state index contributed by atoms with van der Waals surface area (Å²) < 4.78 is 5.82. The normalized spacial score (nSPS) is 11.2. The van der Waals surface area contributed by atoms with Gasteiger partial charge in [-0.1, -0.05) is 27.5 Å². The van der Waals surface area contributed by atoms with E-state index in [2.05, 4.69) is 21.2 Å². The van der Waals surface area contributed by atoms with Crippen molar-refractivity contribution in [1.29, 1.82) is 5.26 Å². The lowest BCUT2D eigenvalue weighted by Crippen LogP contribution is -2.30. The molecule has 0 radical (unpaired) electrons. The van der Waals surface area contributed by atoms with Crippen LogP contribution in [0.25, 0.3) is 0 Å². The summed E-state index contributed by atoms with van der Waals surface area (Å²) in [5, 5.41) is 11.6. The summed E-state index contributed by atoms with van der Waals surface area (Å²) in [5.41, 5.74) is 1.16. The van der Waals surface area contributed by atoms with Gasteiger partial charge in [-0.2, -0.15) is 5.26 Å². The first-order valence-electron chi connectivity index (χ1n) is 6.88. The molecule has 0 aromatic heterocycles. The molecule has 0 unspecified atom stereocenters. The van der Waals surface area contributed by atoms with E-state index in [1.54, 1.807) is 36.4 Å². The third kappa shape index (κ3) is 4.57. The fourth-order valence-corrected chi connectivity index (χ4v) is 2.36. The van der Waals surface area contributed by atoms with E-state index in [1.165, 1.54) is 13.0 Å². The molecule has 2 rings (SSSR count). The Bertz CT molecular complexity index is 816. The molecule has 2 aromatic rings. The van der Waals surface area contributed by atoms with Crippen molar-refractivity contribution in [1.82, 2.24) is 0 Å². The first kappa shape index (κ1) is 18.0. The summed E-state index contributed by atoms with van der Waals surface area (Å²) in [6.45, 7) is 1.46. The van der Waals surface area contributed by atoms with E-state index < -0.39 is 18.0 Å². The van der Waals surface area contributed by atoms with Crippen molar-refractivity contribution < 1.29 is 14.3 Å². The maximum absolute atomic E-state index is 12.1. The Morgan fingerprint density at radius 2 is 1.92 bits per heavy atom. The van der Waals surface area contributed by atoms with Gasteiger partial charge >= 0.3 is 5.97 Å². The number of benzene rings is 2. The minimum absolute atomic E-state index is 0.170.